The molecule has 0 fully saturated rings. The molecule has 1 heterocycles. The molecule has 0 aliphatic heterocycles. The molecule has 1 amide bonds. The number of rotatable bonds is 7. The minimum absolute atomic E-state index is 0. The minimum Gasteiger partial charge on any atom is -0.352 e. The van der Waals surface area contributed by atoms with Crippen LogP contribution in [0.25, 0.3) is 5.69 Å². The van der Waals surface area contributed by atoms with E-state index in [1.54, 1.807) is 6.20 Å². The van der Waals surface area contributed by atoms with Gasteiger partial charge in [-0.1, -0.05) is 25.4 Å². The fourth-order valence-electron chi connectivity index (χ4n) is 2.44. The molecule has 24 heavy (non-hydrogen) atoms. The Morgan fingerprint density at radius 3 is 2.50 bits per heavy atom. The summed E-state index contributed by atoms with van der Waals surface area (Å²) in [7, 11) is 1.90. The first-order chi connectivity index (χ1) is 11.0. The summed E-state index contributed by atoms with van der Waals surface area (Å²) in [4.78, 5) is 12.4. The van der Waals surface area contributed by atoms with Gasteiger partial charge in [0.2, 0.25) is 0 Å². The summed E-state index contributed by atoms with van der Waals surface area (Å²) in [5, 5.41) is 11.1. The van der Waals surface area contributed by atoms with E-state index in [-0.39, 0.29) is 24.2 Å². The van der Waals surface area contributed by atoms with Crippen LogP contribution < -0.4 is 10.6 Å². The smallest absolute Gasteiger partial charge is 0.254 e. The zero-order chi connectivity index (χ0) is 16.8. The van der Waals surface area contributed by atoms with Crippen molar-refractivity contribution in [1.29, 1.82) is 0 Å². The average Bonchev–Trinajstić information content (AvgIpc) is 2.97. The maximum Gasteiger partial charge on any atom is 0.254 e. The lowest BCUT2D eigenvalue weighted by atomic mass is 10.0. The fourth-order valence-corrected chi connectivity index (χ4v) is 2.56. The second-order valence-corrected chi connectivity index (χ2v) is 6.14. The average molecular weight is 371 g/mol. The van der Waals surface area contributed by atoms with Gasteiger partial charge in [0, 0.05) is 11.6 Å². The molecule has 0 aliphatic carbocycles. The molecule has 0 saturated heterocycles. The maximum absolute atomic E-state index is 12.4. The summed E-state index contributed by atoms with van der Waals surface area (Å²) in [6.07, 6.45) is 2.53. The number of hydrogen-bond acceptors (Lipinski definition) is 3. The number of nitrogens with one attached hydrogen (secondary N) is 2. The molecule has 2 rings (SSSR count). The van der Waals surface area contributed by atoms with Crippen LogP contribution in [0.2, 0.25) is 5.02 Å². The highest BCUT2D eigenvalue weighted by Crippen LogP contribution is 2.23. The van der Waals surface area contributed by atoms with E-state index >= 15 is 0 Å². The molecule has 0 saturated carbocycles. The van der Waals surface area contributed by atoms with E-state index in [1.807, 2.05) is 36.0 Å². The topological polar surface area (TPSA) is 58.9 Å². The van der Waals surface area contributed by atoms with Crippen LogP contribution in [0.1, 0.15) is 42.2 Å². The van der Waals surface area contributed by atoms with Crippen molar-refractivity contribution in [1.82, 2.24) is 20.4 Å². The molecule has 1 aromatic heterocycles. The number of aromatic nitrogens is 2. The van der Waals surface area contributed by atoms with Gasteiger partial charge >= 0.3 is 0 Å². The van der Waals surface area contributed by atoms with E-state index in [0.717, 1.165) is 24.3 Å². The first kappa shape index (κ1) is 20.5. The molecule has 0 radical (unpaired) electrons. The van der Waals surface area contributed by atoms with Gasteiger partial charge in [0.05, 0.1) is 23.1 Å². The van der Waals surface area contributed by atoms with Gasteiger partial charge in [0.1, 0.15) is 0 Å². The normalized spacial score (nSPS) is 10.5. The van der Waals surface area contributed by atoms with Crippen LogP contribution >= 0.6 is 24.0 Å². The van der Waals surface area contributed by atoms with Crippen LogP contribution in [-0.4, -0.2) is 35.8 Å². The lowest BCUT2D eigenvalue weighted by Gasteiger charge is -2.13. The lowest BCUT2D eigenvalue weighted by Crippen LogP contribution is -2.27. The molecule has 0 aliphatic rings. The number of halogens is 2. The van der Waals surface area contributed by atoms with E-state index in [2.05, 4.69) is 29.6 Å². The van der Waals surface area contributed by atoms with Gasteiger partial charge in [-0.2, -0.15) is 5.10 Å². The predicted octanol–water partition coefficient (Wildman–Crippen LogP) is 3.41. The molecule has 132 valence electrons. The van der Waals surface area contributed by atoms with Gasteiger partial charge < -0.3 is 10.6 Å². The monoisotopic (exact) mass is 370 g/mol. The van der Waals surface area contributed by atoms with E-state index in [9.17, 15) is 4.79 Å². The minimum atomic E-state index is -0.0787. The van der Waals surface area contributed by atoms with Crippen LogP contribution in [0.5, 0.6) is 0 Å². The Morgan fingerprint density at radius 1 is 1.25 bits per heavy atom. The van der Waals surface area contributed by atoms with Crippen LogP contribution in [0.4, 0.5) is 0 Å². The first-order valence-corrected chi connectivity index (χ1v) is 8.19. The standard InChI is InChI=1S/C17H23ClN4O.ClH/c1-12(2)16-15(17(23)20-10-4-9-19-3)11-21-22(16)14-7-5-13(18)6-8-14;/h5-8,11-12,19H,4,9-10H2,1-3H3,(H,20,23);1H. The quantitative estimate of drug-likeness (QED) is 0.734. The number of carbonyl (C=O) groups is 1. The number of hydrogen-bond donors (Lipinski definition) is 2. The second-order valence-electron chi connectivity index (χ2n) is 5.70. The van der Waals surface area contributed by atoms with Gasteiger partial charge in [-0.15, -0.1) is 12.4 Å². The van der Waals surface area contributed by atoms with Crippen molar-refractivity contribution in [3.63, 3.8) is 0 Å². The van der Waals surface area contributed by atoms with Gasteiger partial charge in [0.25, 0.3) is 5.91 Å². The van der Waals surface area contributed by atoms with E-state index in [0.29, 0.717) is 17.1 Å². The van der Waals surface area contributed by atoms with Gasteiger partial charge in [-0.3, -0.25) is 4.79 Å². The second kappa shape index (κ2) is 9.67. The largest absolute Gasteiger partial charge is 0.352 e. The van der Waals surface area contributed by atoms with Crippen molar-refractivity contribution in [3.8, 4) is 5.69 Å². The molecule has 7 heteroatoms. The predicted molar refractivity (Wildman–Crippen MR) is 101 cm³/mol. The van der Waals surface area contributed by atoms with Crippen LogP contribution in [0.15, 0.2) is 30.5 Å². The zero-order valence-corrected chi connectivity index (χ0v) is 15.7. The SMILES string of the molecule is CNCCCNC(=O)c1cnn(-c2ccc(Cl)cc2)c1C(C)C.Cl. The van der Waals surface area contributed by atoms with Crippen molar-refractivity contribution < 1.29 is 4.79 Å². The Kier molecular flexibility index (Phi) is 8.25. The Balaban J connectivity index is 0.00000288. The zero-order valence-electron chi connectivity index (χ0n) is 14.2. The Bertz CT molecular complexity index is 653. The number of nitrogens with zero attached hydrogens (tertiary/aromatic N) is 2. The molecule has 0 atom stereocenters. The van der Waals surface area contributed by atoms with E-state index in [1.165, 1.54) is 0 Å². The molecule has 1 aromatic carbocycles. The van der Waals surface area contributed by atoms with Crippen LogP contribution in [0, 0.1) is 0 Å². The summed E-state index contributed by atoms with van der Waals surface area (Å²) < 4.78 is 1.81. The van der Waals surface area contributed by atoms with Crippen molar-refractivity contribution in [2.45, 2.75) is 26.2 Å². The number of carbonyl (C=O) groups excluding carboxylic acids is 1. The molecule has 5 nitrogen and oxygen atoms in total. The van der Waals surface area contributed by atoms with Crippen LogP contribution in [0.3, 0.4) is 0 Å². The Labute approximate surface area is 154 Å². The third-order valence-corrected chi connectivity index (χ3v) is 3.81. The lowest BCUT2D eigenvalue weighted by molar-refractivity contribution is 0.0952. The number of amides is 1. The van der Waals surface area contributed by atoms with Crippen molar-refractivity contribution in [3.05, 3.63) is 46.7 Å². The highest BCUT2D eigenvalue weighted by atomic mass is 35.5. The molecule has 2 N–H and O–H groups in total. The Hall–Kier alpha value is -1.56. The summed E-state index contributed by atoms with van der Waals surface area (Å²) >= 11 is 5.94. The van der Waals surface area contributed by atoms with Gasteiger partial charge in [-0.05, 0) is 50.2 Å². The first-order valence-electron chi connectivity index (χ1n) is 7.81. The highest BCUT2D eigenvalue weighted by molar-refractivity contribution is 6.30. The third-order valence-electron chi connectivity index (χ3n) is 3.56. The maximum atomic E-state index is 12.4. The highest BCUT2D eigenvalue weighted by Gasteiger charge is 2.20. The molecule has 0 spiro atoms. The van der Waals surface area contributed by atoms with Crippen molar-refractivity contribution in [2.24, 2.45) is 0 Å². The molecule has 0 bridgehead atoms. The number of benzene rings is 1. The molecule has 0 unspecified atom stereocenters. The van der Waals surface area contributed by atoms with E-state index < -0.39 is 0 Å². The fraction of sp³-hybridized carbons (Fsp3) is 0.412. The summed E-state index contributed by atoms with van der Waals surface area (Å²) in [5.74, 6) is 0.0938. The van der Waals surface area contributed by atoms with Crippen LogP contribution in [-0.2, 0) is 0 Å². The summed E-state index contributed by atoms with van der Waals surface area (Å²) in [6.45, 7) is 5.63. The van der Waals surface area contributed by atoms with Crippen molar-refractivity contribution in [2.75, 3.05) is 20.1 Å². The summed E-state index contributed by atoms with van der Waals surface area (Å²) in [5.41, 5.74) is 2.42. The molecular weight excluding hydrogens is 347 g/mol. The Morgan fingerprint density at radius 2 is 1.92 bits per heavy atom. The van der Waals surface area contributed by atoms with Gasteiger partial charge in [0.15, 0.2) is 0 Å². The van der Waals surface area contributed by atoms with Gasteiger partial charge in [-0.25, -0.2) is 4.68 Å². The molecule has 2 aromatic rings. The summed E-state index contributed by atoms with van der Waals surface area (Å²) in [6, 6.07) is 7.44. The van der Waals surface area contributed by atoms with Crippen molar-refractivity contribution >= 4 is 29.9 Å². The molecular formula is C17H24Cl2N4O. The van der Waals surface area contributed by atoms with E-state index in [4.69, 9.17) is 11.6 Å². The third kappa shape index (κ3) is 4.97.